The molecule has 0 aliphatic rings. The van der Waals surface area contributed by atoms with Gasteiger partial charge in [0.05, 0.1) is 22.1 Å². The van der Waals surface area contributed by atoms with Crippen molar-refractivity contribution in [3.8, 4) is 0 Å². The van der Waals surface area contributed by atoms with Crippen molar-refractivity contribution in [3.63, 3.8) is 0 Å². The van der Waals surface area contributed by atoms with Crippen LogP contribution in [0, 0.1) is 0 Å². The first kappa shape index (κ1) is 22.0. The third-order valence-corrected chi connectivity index (χ3v) is 4.62. The van der Waals surface area contributed by atoms with Crippen LogP contribution in [-0.2, 0) is 22.4 Å². The van der Waals surface area contributed by atoms with Crippen LogP contribution in [0.3, 0.4) is 0 Å². The summed E-state index contributed by atoms with van der Waals surface area (Å²) in [5, 5.41) is 17.1. The number of aliphatic hydroxyl groups excluding tert-OH is 1. The van der Waals surface area contributed by atoms with Crippen LogP contribution in [0.15, 0.2) is 47.4 Å². The van der Waals surface area contributed by atoms with Gasteiger partial charge in [-0.25, -0.2) is 13.6 Å². The van der Waals surface area contributed by atoms with Crippen molar-refractivity contribution in [2.75, 3.05) is 11.9 Å². The number of sulfonamides is 1. The SMILES string of the molecule is NS(=O)(=O)c1ccc(NCC(O)c2cccc(C(F)(F)F)c2)c(C(F)(F)F)c1. The van der Waals surface area contributed by atoms with E-state index in [1.807, 2.05) is 0 Å². The van der Waals surface area contributed by atoms with E-state index in [4.69, 9.17) is 5.14 Å². The van der Waals surface area contributed by atoms with E-state index in [9.17, 15) is 39.9 Å². The maximum absolute atomic E-state index is 13.2. The fourth-order valence-corrected chi connectivity index (χ4v) is 2.88. The Balaban J connectivity index is 2.27. The fraction of sp³-hybridized carbons (Fsp3) is 0.250. The summed E-state index contributed by atoms with van der Waals surface area (Å²) in [7, 11) is -4.38. The van der Waals surface area contributed by atoms with Crippen molar-refractivity contribution in [1.29, 1.82) is 0 Å². The summed E-state index contributed by atoms with van der Waals surface area (Å²) < 4.78 is 100. The topological polar surface area (TPSA) is 92.4 Å². The van der Waals surface area contributed by atoms with Gasteiger partial charge < -0.3 is 10.4 Å². The Morgan fingerprint density at radius 3 is 2.18 bits per heavy atom. The molecule has 0 spiro atoms. The van der Waals surface area contributed by atoms with E-state index in [0.717, 1.165) is 24.3 Å². The van der Waals surface area contributed by atoms with E-state index in [2.05, 4.69) is 5.32 Å². The van der Waals surface area contributed by atoms with E-state index < -0.39 is 56.7 Å². The van der Waals surface area contributed by atoms with Gasteiger partial charge in [-0.3, -0.25) is 0 Å². The van der Waals surface area contributed by atoms with E-state index in [1.165, 1.54) is 6.07 Å². The van der Waals surface area contributed by atoms with E-state index in [1.54, 1.807) is 0 Å². The lowest BCUT2D eigenvalue weighted by Crippen LogP contribution is -2.18. The van der Waals surface area contributed by atoms with Gasteiger partial charge in [0, 0.05) is 12.2 Å². The molecule has 1 atom stereocenters. The average Bonchev–Trinajstić information content (AvgIpc) is 2.57. The normalized spacial score (nSPS) is 14.0. The number of benzene rings is 2. The van der Waals surface area contributed by atoms with Gasteiger partial charge in [-0.05, 0) is 35.9 Å². The van der Waals surface area contributed by atoms with Crippen LogP contribution in [0.4, 0.5) is 32.0 Å². The lowest BCUT2D eigenvalue weighted by Gasteiger charge is -2.18. The first-order valence-electron chi connectivity index (χ1n) is 7.53. The van der Waals surface area contributed by atoms with E-state index in [0.29, 0.717) is 12.1 Å². The van der Waals surface area contributed by atoms with Gasteiger partial charge in [-0.2, -0.15) is 26.3 Å². The van der Waals surface area contributed by atoms with Crippen LogP contribution in [0.25, 0.3) is 0 Å². The minimum absolute atomic E-state index is 0.156. The summed E-state index contributed by atoms with van der Waals surface area (Å²) in [6, 6.07) is 5.69. The second kappa shape index (κ2) is 7.60. The van der Waals surface area contributed by atoms with Crippen molar-refractivity contribution in [3.05, 3.63) is 59.2 Å². The molecule has 5 nitrogen and oxygen atoms in total. The van der Waals surface area contributed by atoms with Crippen LogP contribution < -0.4 is 10.5 Å². The molecule has 0 aliphatic heterocycles. The van der Waals surface area contributed by atoms with Crippen LogP contribution >= 0.6 is 0 Å². The largest absolute Gasteiger partial charge is 0.418 e. The number of primary sulfonamides is 1. The number of nitrogens with two attached hydrogens (primary N) is 1. The van der Waals surface area contributed by atoms with E-state index in [-0.39, 0.29) is 5.56 Å². The number of halogens is 6. The first-order valence-corrected chi connectivity index (χ1v) is 9.07. The lowest BCUT2D eigenvalue weighted by atomic mass is 10.1. The molecule has 0 amide bonds. The molecule has 0 bridgehead atoms. The maximum Gasteiger partial charge on any atom is 0.418 e. The van der Waals surface area contributed by atoms with Gasteiger partial charge in [-0.1, -0.05) is 12.1 Å². The highest BCUT2D eigenvalue weighted by Gasteiger charge is 2.35. The molecule has 28 heavy (non-hydrogen) atoms. The molecule has 4 N–H and O–H groups in total. The Kier molecular flexibility index (Phi) is 5.97. The molecular formula is C16H14F6N2O3S. The van der Waals surface area contributed by atoms with Crippen molar-refractivity contribution < 1.29 is 39.9 Å². The molecule has 2 aromatic rings. The van der Waals surface area contributed by atoms with Gasteiger partial charge in [0.1, 0.15) is 0 Å². The molecule has 0 saturated heterocycles. The molecule has 0 fully saturated rings. The number of anilines is 1. The van der Waals surface area contributed by atoms with Crippen molar-refractivity contribution in [2.45, 2.75) is 23.4 Å². The highest BCUT2D eigenvalue weighted by Crippen LogP contribution is 2.36. The summed E-state index contributed by atoms with van der Waals surface area (Å²) in [6.45, 7) is -0.556. The monoisotopic (exact) mass is 428 g/mol. The molecule has 0 saturated carbocycles. The van der Waals surface area contributed by atoms with Gasteiger partial charge >= 0.3 is 12.4 Å². The molecule has 0 radical (unpaired) electrons. The smallest absolute Gasteiger partial charge is 0.387 e. The number of hydrogen-bond acceptors (Lipinski definition) is 4. The Morgan fingerprint density at radius 2 is 1.64 bits per heavy atom. The van der Waals surface area contributed by atoms with Gasteiger partial charge in [-0.15, -0.1) is 0 Å². The summed E-state index contributed by atoms with van der Waals surface area (Å²) in [6.07, 6.45) is -11.1. The third kappa shape index (κ3) is 5.36. The summed E-state index contributed by atoms with van der Waals surface area (Å²) in [4.78, 5) is -0.760. The highest BCUT2D eigenvalue weighted by atomic mass is 32.2. The number of aliphatic hydroxyl groups is 1. The molecule has 2 rings (SSSR count). The summed E-state index contributed by atoms with van der Waals surface area (Å²) in [5.74, 6) is 0. The van der Waals surface area contributed by atoms with Crippen LogP contribution in [-0.4, -0.2) is 20.1 Å². The minimum Gasteiger partial charge on any atom is -0.387 e. The second-order valence-electron chi connectivity index (χ2n) is 5.77. The fourth-order valence-electron chi connectivity index (χ4n) is 2.34. The highest BCUT2D eigenvalue weighted by molar-refractivity contribution is 7.89. The standard InChI is InChI=1S/C16H14F6N2O3S/c17-15(18,19)10-3-1-2-9(6-10)14(25)8-24-13-5-4-11(28(23,26)27)7-12(13)16(20,21)22/h1-7,14,24-25H,8H2,(H2,23,26,27). The van der Waals surface area contributed by atoms with Gasteiger partial charge in [0.15, 0.2) is 0 Å². The Bertz CT molecular complexity index is 958. The zero-order chi connectivity index (χ0) is 21.3. The van der Waals surface area contributed by atoms with Gasteiger partial charge in [0.2, 0.25) is 10.0 Å². The molecule has 12 heteroatoms. The zero-order valence-corrected chi connectivity index (χ0v) is 14.7. The number of alkyl halides is 6. The van der Waals surface area contributed by atoms with Crippen molar-refractivity contribution in [1.82, 2.24) is 0 Å². The quantitative estimate of drug-likeness (QED) is 0.636. The van der Waals surface area contributed by atoms with Crippen LogP contribution in [0.2, 0.25) is 0 Å². The molecule has 154 valence electrons. The molecule has 0 aliphatic carbocycles. The van der Waals surface area contributed by atoms with Crippen molar-refractivity contribution >= 4 is 15.7 Å². The Hall–Kier alpha value is -2.31. The third-order valence-electron chi connectivity index (χ3n) is 3.71. The lowest BCUT2D eigenvalue weighted by molar-refractivity contribution is -0.138. The average molecular weight is 428 g/mol. The minimum atomic E-state index is -4.94. The number of rotatable bonds is 5. The van der Waals surface area contributed by atoms with Crippen LogP contribution in [0.5, 0.6) is 0 Å². The first-order chi connectivity index (χ1) is 12.7. The molecule has 0 heterocycles. The summed E-state index contributed by atoms with van der Waals surface area (Å²) >= 11 is 0. The van der Waals surface area contributed by atoms with Gasteiger partial charge in [0.25, 0.3) is 0 Å². The van der Waals surface area contributed by atoms with E-state index >= 15 is 0 Å². The predicted octanol–water partition coefficient (Wildman–Crippen LogP) is 3.52. The van der Waals surface area contributed by atoms with Crippen molar-refractivity contribution in [2.24, 2.45) is 5.14 Å². The number of nitrogens with one attached hydrogen (secondary N) is 1. The second-order valence-corrected chi connectivity index (χ2v) is 7.33. The summed E-state index contributed by atoms with van der Waals surface area (Å²) in [5.41, 5.74) is -3.09. The molecule has 0 aromatic heterocycles. The predicted molar refractivity (Wildman–Crippen MR) is 87.7 cm³/mol. The maximum atomic E-state index is 13.2. The Labute approximate surface area is 155 Å². The zero-order valence-electron chi connectivity index (χ0n) is 13.8. The molecular weight excluding hydrogens is 414 g/mol. The molecule has 1 unspecified atom stereocenters. The number of hydrogen-bond donors (Lipinski definition) is 3. The van der Waals surface area contributed by atoms with Crippen LogP contribution in [0.1, 0.15) is 22.8 Å². The molecule has 2 aromatic carbocycles. The Morgan fingerprint density at radius 1 is 1.00 bits per heavy atom.